The Hall–Kier alpha value is -1.22. The largest absolute Gasteiger partial charge is 0.343 e. The fourth-order valence-corrected chi connectivity index (χ4v) is 4.45. The maximum absolute atomic E-state index is 11.6. The van der Waals surface area contributed by atoms with Gasteiger partial charge >= 0.3 is 0 Å². The van der Waals surface area contributed by atoms with Gasteiger partial charge in [-0.2, -0.15) is 0 Å². The molecule has 1 unspecified atom stereocenters. The Morgan fingerprint density at radius 1 is 1.44 bits per heavy atom. The summed E-state index contributed by atoms with van der Waals surface area (Å²) in [6, 6.07) is 8.48. The summed E-state index contributed by atoms with van der Waals surface area (Å²) in [5.74, 6) is 1.03. The van der Waals surface area contributed by atoms with Crippen LogP contribution in [0.1, 0.15) is 26.0 Å². The first-order valence-electron chi connectivity index (χ1n) is 6.42. The summed E-state index contributed by atoms with van der Waals surface area (Å²) in [5, 5.41) is 1.30. The van der Waals surface area contributed by atoms with E-state index in [4.69, 9.17) is 0 Å². The summed E-state index contributed by atoms with van der Waals surface area (Å²) in [5.41, 5.74) is 2.15. The highest BCUT2D eigenvalue weighted by Gasteiger charge is 2.37. The Balaban J connectivity index is 2.42. The van der Waals surface area contributed by atoms with E-state index in [0.29, 0.717) is 0 Å². The van der Waals surface area contributed by atoms with Crippen molar-refractivity contribution in [2.45, 2.75) is 37.1 Å². The average Bonchev–Trinajstić information content (AvgIpc) is 2.75. The predicted octanol–water partition coefficient (Wildman–Crippen LogP) is 3.61. The Bertz CT molecular complexity index is 583. The minimum Gasteiger partial charge on any atom is -0.343 e. The van der Waals surface area contributed by atoms with Gasteiger partial charge in [0.2, 0.25) is 0 Å². The van der Waals surface area contributed by atoms with Gasteiger partial charge in [-0.05, 0) is 32.1 Å². The lowest BCUT2D eigenvalue weighted by Gasteiger charge is -2.30. The number of para-hydroxylation sites is 1. The molecule has 0 amide bonds. The predicted molar refractivity (Wildman–Crippen MR) is 76.4 cm³/mol. The van der Waals surface area contributed by atoms with Gasteiger partial charge in [0.25, 0.3) is 0 Å². The second kappa shape index (κ2) is 4.16. The van der Waals surface area contributed by atoms with Crippen LogP contribution in [0.4, 0.5) is 0 Å². The summed E-state index contributed by atoms with van der Waals surface area (Å²) < 4.78 is 2.31. The number of fused-ring (bicyclic) bond motifs is 3. The lowest BCUT2D eigenvalue weighted by atomic mass is 9.85. The van der Waals surface area contributed by atoms with Gasteiger partial charge in [0.15, 0.2) is 0 Å². The minimum absolute atomic E-state index is 0.324. The number of aldehydes is 1. The van der Waals surface area contributed by atoms with Crippen molar-refractivity contribution in [3.63, 3.8) is 0 Å². The lowest BCUT2D eigenvalue weighted by Crippen LogP contribution is -2.31. The molecule has 0 spiro atoms. The number of carbonyl (C=O) groups is 1. The molecule has 2 aromatic rings. The van der Waals surface area contributed by atoms with Crippen molar-refractivity contribution >= 4 is 29.0 Å². The van der Waals surface area contributed by atoms with Crippen LogP contribution in [0, 0.1) is 0 Å². The third-order valence-electron chi connectivity index (χ3n) is 3.91. The van der Waals surface area contributed by atoms with Crippen molar-refractivity contribution in [1.82, 2.24) is 4.57 Å². The number of aromatic nitrogens is 1. The Morgan fingerprint density at radius 2 is 2.22 bits per heavy atom. The van der Waals surface area contributed by atoms with E-state index in [1.165, 1.54) is 21.5 Å². The Labute approximate surface area is 111 Å². The molecule has 1 atom stereocenters. The molecule has 1 aromatic heterocycles. The van der Waals surface area contributed by atoms with Gasteiger partial charge in [-0.1, -0.05) is 18.2 Å². The van der Waals surface area contributed by atoms with Crippen molar-refractivity contribution in [3.05, 3.63) is 30.0 Å². The second-order valence-electron chi connectivity index (χ2n) is 5.07. The van der Waals surface area contributed by atoms with Crippen LogP contribution in [0.5, 0.6) is 0 Å². The summed E-state index contributed by atoms with van der Waals surface area (Å²) in [7, 11) is 0. The molecule has 0 bridgehead atoms. The molecule has 0 saturated heterocycles. The summed E-state index contributed by atoms with van der Waals surface area (Å²) >= 11 is 1.89. The number of benzene rings is 1. The van der Waals surface area contributed by atoms with Crippen LogP contribution in [0.2, 0.25) is 0 Å². The van der Waals surface area contributed by atoms with E-state index >= 15 is 0 Å². The van der Waals surface area contributed by atoms with Crippen molar-refractivity contribution in [2.75, 3.05) is 5.75 Å². The van der Waals surface area contributed by atoms with Crippen LogP contribution in [0.25, 0.3) is 10.9 Å². The summed E-state index contributed by atoms with van der Waals surface area (Å²) in [4.78, 5) is 12.9. The minimum atomic E-state index is -0.324. The SMILES string of the molecule is CCn1c2c(c3ccccc31)SCCC2(C)C=O. The lowest BCUT2D eigenvalue weighted by molar-refractivity contribution is -0.112. The molecule has 0 saturated carbocycles. The molecule has 1 aromatic carbocycles. The second-order valence-corrected chi connectivity index (χ2v) is 6.18. The van der Waals surface area contributed by atoms with Crippen LogP contribution in [-0.4, -0.2) is 16.6 Å². The zero-order valence-electron chi connectivity index (χ0n) is 10.8. The normalized spacial score (nSPS) is 23.0. The summed E-state index contributed by atoms with van der Waals surface area (Å²) in [6.07, 6.45) is 2.07. The molecule has 94 valence electrons. The average molecular weight is 259 g/mol. The van der Waals surface area contributed by atoms with Gasteiger partial charge in [0.05, 0.1) is 5.41 Å². The van der Waals surface area contributed by atoms with Gasteiger partial charge in [-0.15, -0.1) is 11.8 Å². The van der Waals surface area contributed by atoms with Gasteiger partial charge in [-0.3, -0.25) is 0 Å². The number of hydrogen-bond acceptors (Lipinski definition) is 2. The Morgan fingerprint density at radius 3 is 2.94 bits per heavy atom. The molecule has 3 rings (SSSR count). The van der Waals surface area contributed by atoms with E-state index in [1.807, 2.05) is 11.8 Å². The van der Waals surface area contributed by atoms with Crippen LogP contribution in [0.3, 0.4) is 0 Å². The quantitative estimate of drug-likeness (QED) is 0.769. The number of aryl methyl sites for hydroxylation is 1. The molecule has 18 heavy (non-hydrogen) atoms. The standard InChI is InChI=1S/C15H17NOS/c1-3-16-12-7-5-4-6-11(12)13-14(16)15(2,10-17)8-9-18-13/h4-7,10H,3,8-9H2,1-2H3. The van der Waals surface area contributed by atoms with Gasteiger partial charge < -0.3 is 9.36 Å². The first kappa shape index (κ1) is 11.8. The zero-order valence-corrected chi connectivity index (χ0v) is 11.6. The van der Waals surface area contributed by atoms with Crippen molar-refractivity contribution in [3.8, 4) is 0 Å². The number of hydrogen-bond donors (Lipinski definition) is 0. The van der Waals surface area contributed by atoms with Crippen LogP contribution >= 0.6 is 11.8 Å². The van der Waals surface area contributed by atoms with Crippen LogP contribution in [-0.2, 0) is 16.8 Å². The molecule has 3 heteroatoms. The highest BCUT2D eigenvalue weighted by Crippen LogP contribution is 2.46. The van der Waals surface area contributed by atoms with E-state index in [0.717, 1.165) is 25.0 Å². The molecule has 0 N–H and O–H groups in total. The maximum atomic E-state index is 11.6. The maximum Gasteiger partial charge on any atom is 0.131 e. The number of rotatable bonds is 2. The Kier molecular flexibility index (Phi) is 2.74. The summed E-state index contributed by atoms with van der Waals surface area (Å²) in [6.45, 7) is 5.14. The van der Waals surface area contributed by atoms with E-state index in [9.17, 15) is 4.79 Å². The number of nitrogens with zero attached hydrogens (tertiary/aromatic N) is 1. The zero-order chi connectivity index (χ0) is 12.8. The molecule has 0 aliphatic carbocycles. The topological polar surface area (TPSA) is 22.0 Å². The van der Waals surface area contributed by atoms with Crippen molar-refractivity contribution < 1.29 is 4.79 Å². The molecule has 2 heterocycles. The van der Waals surface area contributed by atoms with Gasteiger partial charge in [0, 0.05) is 28.0 Å². The molecule has 1 aliphatic rings. The molecule has 2 nitrogen and oxygen atoms in total. The van der Waals surface area contributed by atoms with E-state index < -0.39 is 0 Å². The van der Waals surface area contributed by atoms with Crippen molar-refractivity contribution in [2.24, 2.45) is 0 Å². The highest BCUT2D eigenvalue weighted by atomic mass is 32.2. The van der Waals surface area contributed by atoms with Crippen LogP contribution in [0.15, 0.2) is 29.2 Å². The molecule has 0 radical (unpaired) electrons. The van der Waals surface area contributed by atoms with Crippen molar-refractivity contribution in [1.29, 1.82) is 0 Å². The molecule has 0 fully saturated rings. The van der Waals surface area contributed by atoms with E-state index in [2.05, 4.69) is 42.7 Å². The highest BCUT2D eigenvalue weighted by molar-refractivity contribution is 7.99. The molecular weight excluding hydrogens is 242 g/mol. The van der Waals surface area contributed by atoms with Crippen LogP contribution < -0.4 is 0 Å². The first-order valence-corrected chi connectivity index (χ1v) is 7.40. The smallest absolute Gasteiger partial charge is 0.131 e. The molecular formula is C15H17NOS. The fourth-order valence-electron chi connectivity index (χ4n) is 2.91. The first-order chi connectivity index (χ1) is 8.71. The van der Waals surface area contributed by atoms with E-state index in [-0.39, 0.29) is 5.41 Å². The number of thioether (sulfide) groups is 1. The van der Waals surface area contributed by atoms with Gasteiger partial charge in [0.1, 0.15) is 6.29 Å². The third-order valence-corrected chi connectivity index (χ3v) is 5.02. The number of carbonyl (C=O) groups excluding carboxylic acids is 1. The third kappa shape index (κ3) is 1.46. The van der Waals surface area contributed by atoms with Gasteiger partial charge in [-0.25, -0.2) is 0 Å². The van der Waals surface area contributed by atoms with E-state index in [1.54, 1.807) is 0 Å². The molecule has 1 aliphatic heterocycles. The monoisotopic (exact) mass is 259 g/mol. The fraction of sp³-hybridized carbons (Fsp3) is 0.400.